The van der Waals surface area contributed by atoms with Crippen LogP contribution in [-0.2, 0) is 0 Å². The van der Waals surface area contributed by atoms with Crippen LogP contribution in [0.5, 0.6) is 5.75 Å². The van der Waals surface area contributed by atoms with Crippen LogP contribution in [0.15, 0.2) is 11.6 Å². The molecule has 0 saturated heterocycles. The Bertz CT molecular complexity index is 500. The van der Waals surface area contributed by atoms with Crippen molar-refractivity contribution in [2.45, 2.75) is 47.1 Å². The Balaban J connectivity index is 3.06. The van der Waals surface area contributed by atoms with Crippen LogP contribution in [0.3, 0.4) is 0 Å². The fourth-order valence-corrected chi connectivity index (χ4v) is 2.68. The number of nitrogen functional groups attached to an aromatic ring is 1. The molecule has 20 heavy (non-hydrogen) atoms. The van der Waals surface area contributed by atoms with Crippen molar-refractivity contribution < 1.29 is 9.53 Å². The van der Waals surface area contributed by atoms with Crippen molar-refractivity contribution in [3.05, 3.63) is 16.5 Å². The third-order valence-electron chi connectivity index (χ3n) is 2.60. The molecular weight excluding hydrogens is 272 g/mol. The van der Waals surface area contributed by atoms with Gasteiger partial charge in [0.2, 0.25) is 0 Å². The summed E-state index contributed by atoms with van der Waals surface area (Å²) in [4.78, 5) is 12.5. The number of rotatable bonds is 7. The van der Waals surface area contributed by atoms with E-state index >= 15 is 0 Å². The van der Waals surface area contributed by atoms with Gasteiger partial charge in [-0.3, -0.25) is 4.79 Å². The molecule has 0 atom stereocenters. The van der Waals surface area contributed by atoms with Crippen LogP contribution in [0.4, 0.5) is 10.7 Å². The molecule has 1 aromatic heterocycles. The third-order valence-corrected chi connectivity index (χ3v) is 3.79. The van der Waals surface area contributed by atoms with E-state index in [1.54, 1.807) is 0 Å². The number of anilines is 2. The number of nitrogens with one attached hydrogen (secondary N) is 1. The summed E-state index contributed by atoms with van der Waals surface area (Å²) in [6, 6.07) is 0. The van der Waals surface area contributed by atoms with Crippen molar-refractivity contribution in [2.24, 2.45) is 0 Å². The maximum Gasteiger partial charge on any atom is 0.177 e. The molecule has 112 valence electrons. The van der Waals surface area contributed by atoms with Gasteiger partial charge in [0.15, 0.2) is 11.5 Å². The predicted molar refractivity (Wildman–Crippen MR) is 87.0 cm³/mol. The quantitative estimate of drug-likeness (QED) is 0.587. The lowest BCUT2D eigenvalue weighted by Crippen LogP contribution is -2.09. The molecule has 5 heteroatoms. The summed E-state index contributed by atoms with van der Waals surface area (Å²) < 4.78 is 5.76. The maximum absolute atomic E-state index is 11.9. The second-order valence-corrected chi connectivity index (χ2v) is 6.13. The lowest BCUT2D eigenvalue weighted by Gasteiger charge is -2.12. The summed E-state index contributed by atoms with van der Waals surface area (Å²) in [5, 5.41) is 4.10. The van der Waals surface area contributed by atoms with Crippen LogP contribution in [0.2, 0.25) is 0 Å². The zero-order valence-corrected chi connectivity index (χ0v) is 13.7. The Labute approximate surface area is 125 Å². The second-order valence-electron chi connectivity index (χ2n) is 5.11. The van der Waals surface area contributed by atoms with Gasteiger partial charge in [-0.15, -0.1) is 11.3 Å². The van der Waals surface area contributed by atoms with Gasteiger partial charge < -0.3 is 15.8 Å². The Hall–Kier alpha value is -1.49. The number of carbonyl (C=O) groups is 1. The first kappa shape index (κ1) is 16.6. The predicted octanol–water partition coefficient (Wildman–Crippen LogP) is 4.09. The molecule has 0 unspecified atom stereocenters. The average molecular weight is 296 g/mol. The summed E-state index contributed by atoms with van der Waals surface area (Å²) >= 11 is 1.37. The van der Waals surface area contributed by atoms with E-state index in [2.05, 4.69) is 11.4 Å². The molecule has 0 spiro atoms. The van der Waals surface area contributed by atoms with Crippen molar-refractivity contribution in [3.63, 3.8) is 0 Å². The number of nitrogens with two attached hydrogens (primary N) is 1. The van der Waals surface area contributed by atoms with Gasteiger partial charge >= 0.3 is 0 Å². The van der Waals surface area contributed by atoms with E-state index in [0.29, 0.717) is 29.3 Å². The molecule has 0 fully saturated rings. The largest absolute Gasteiger partial charge is 0.486 e. The first-order chi connectivity index (χ1) is 9.36. The molecule has 0 radical (unpaired) electrons. The van der Waals surface area contributed by atoms with Gasteiger partial charge in [0, 0.05) is 13.0 Å². The number of Topliss-reactive ketones (excluding diaryl/α,β-unsaturated/α-hetero) is 1. The van der Waals surface area contributed by atoms with Crippen molar-refractivity contribution in [2.75, 3.05) is 17.6 Å². The van der Waals surface area contributed by atoms with Crippen LogP contribution in [0.25, 0.3) is 0 Å². The molecule has 0 aromatic carbocycles. The highest BCUT2D eigenvalue weighted by Gasteiger charge is 2.21. The number of allylic oxidation sites excluding steroid dienone is 1. The number of ether oxygens (including phenoxy) is 1. The highest BCUT2D eigenvalue weighted by molar-refractivity contribution is 7.19. The summed E-state index contributed by atoms with van der Waals surface area (Å²) in [5.74, 6) is 0.653. The molecule has 1 heterocycles. The van der Waals surface area contributed by atoms with Gasteiger partial charge in [-0.25, -0.2) is 0 Å². The van der Waals surface area contributed by atoms with Gasteiger partial charge in [-0.05, 0) is 27.7 Å². The van der Waals surface area contributed by atoms with Gasteiger partial charge in [0.25, 0.3) is 0 Å². The van der Waals surface area contributed by atoms with Gasteiger partial charge in [0.05, 0.1) is 16.7 Å². The summed E-state index contributed by atoms with van der Waals surface area (Å²) in [6.45, 7) is 10.5. The topological polar surface area (TPSA) is 64.3 Å². The zero-order valence-electron chi connectivity index (χ0n) is 12.9. The fraction of sp³-hybridized carbons (Fsp3) is 0.533. The Kier molecular flexibility index (Phi) is 6.07. The monoisotopic (exact) mass is 296 g/mol. The lowest BCUT2D eigenvalue weighted by molar-refractivity contribution is 0.0992. The molecule has 0 amide bonds. The number of ketones is 1. The average Bonchev–Trinajstić information content (AvgIpc) is 2.66. The smallest absolute Gasteiger partial charge is 0.177 e. The highest BCUT2D eigenvalue weighted by atomic mass is 32.1. The molecule has 0 aliphatic carbocycles. The molecule has 1 aromatic rings. The van der Waals surface area contributed by atoms with Gasteiger partial charge in [0.1, 0.15) is 5.00 Å². The zero-order chi connectivity index (χ0) is 15.3. The standard InChI is InChI=1S/C15H24N2O2S/c1-6-11(18)14-12(16)13(19-10(4)5)15(20-14)17-8-7-9(2)3/h7,10,17H,6,8,16H2,1-5H3. The summed E-state index contributed by atoms with van der Waals surface area (Å²) in [7, 11) is 0. The first-order valence-electron chi connectivity index (χ1n) is 6.86. The Morgan fingerprint density at radius 1 is 1.45 bits per heavy atom. The number of carbonyl (C=O) groups excluding carboxylic acids is 1. The van der Waals surface area contributed by atoms with E-state index in [1.807, 2.05) is 34.6 Å². The van der Waals surface area contributed by atoms with Gasteiger partial charge in [-0.2, -0.15) is 0 Å². The Morgan fingerprint density at radius 3 is 2.60 bits per heavy atom. The van der Waals surface area contributed by atoms with Crippen LogP contribution < -0.4 is 15.8 Å². The number of hydrogen-bond acceptors (Lipinski definition) is 5. The van der Waals surface area contributed by atoms with E-state index < -0.39 is 0 Å². The second kappa shape index (κ2) is 7.33. The highest BCUT2D eigenvalue weighted by Crippen LogP contribution is 2.43. The van der Waals surface area contributed by atoms with Crippen LogP contribution in [0.1, 0.15) is 50.7 Å². The molecule has 1 rings (SSSR count). The minimum atomic E-state index is 0.0143. The Morgan fingerprint density at radius 2 is 2.10 bits per heavy atom. The van der Waals surface area contributed by atoms with E-state index in [1.165, 1.54) is 16.9 Å². The van der Waals surface area contributed by atoms with E-state index in [9.17, 15) is 4.79 Å². The van der Waals surface area contributed by atoms with E-state index in [4.69, 9.17) is 10.5 Å². The molecule has 4 nitrogen and oxygen atoms in total. The van der Waals surface area contributed by atoms with Crippen LogP contribution in [0, 0.1) is 0 Å². The van der Waals surface area contributed by atoms with Crippen molar-refractivity contribution in [3.8, 4) is 5.75 Å². The molecule has 0 aliphatic heterocycles. The normalized spacial score (nSPS) is 10.5. The molecule has 0 bridgehead atoms. The summed E-state index contributed by atoms with van der Waals surface area (Å²) in [6.07, 6.45) is 2.54. The number of hydrogen-bond donors (Lipinski definition) is 2. The van der Waals surface area contributed by atoms with E-state index in [0.717, 1.165) is 5.00 Å². The molecule has 0 saturated carbocycles. The fourth-order valence-electron chi connectivity index (χ4n) is 1.61. The van der Waals surface area contributed by atoms with E-state index in [-0.39, 0.29) is 11.9 Å². The lowest BCUT2D eigenvalue weighted by atomic mass is 10.2. The van der Waals surface area contributed by atoms with Crippen molar-refractivity contribution in [1.82, 2.24) is 0 Å². The van der Waals surface area contributed by atoms with Crippen LogP contribution in [-0.4, -0.2) is 18.4 Å². The third kappa shape index (κ3) is 4.27. The van der Waals surface area contributed by atoms with Gasteiger partial charge in [-0.1, -0.05) is 18.6 Å². The number of thiophene rings is 1. The molecule has 3 N–H and O–H groups in total. The minimum absolute atomic E-state index is 0.0143. The van der Waals surface area contributed by atoms with Crippen molar-refractivity contribution >= 4 is 27.8 Å². The summed E-state index contributed by atoms with van der Waals surface area (Å²) in [5.41, 5.74) is 7.76. The molecular formula is C15H24N2O2S. The first-order valence-corrected chi connectivity index (χ1v) is 7.67. The minimum Gasteiger partial charge on any atom is -0.486 e. The SMILES string of the molecule is CCC(=O)c1sc(NCC=C(C)C)c(OC(C)C)c1N. The van der Waals surface area contributed by atoms with Crippen LogP contribution >= 0.6 is 11.3 Å². The molecule has 0 aliphatic rings. The van der Waals surface area contributed by atoms with Crippen molar-refractivity contribution in [1.29, 1.82) is 0 Å². The maximum atomic E-state index is 11.9.